The highest BCUT2D eigenvalue weighted by atomic mass is 16.3. The summed E-state index contributed by atoms with van der Waals surface area (Å²) in [4.78, 5) is 4.05. The Labute approximate surface area is 108 Å². The van der Waals surface area contributed by atoms with Crippen molar-refractivity contribution in [2.45, 2.75) is 33.3 Å². The lowest BCUT2D eigenvalue weighted by Gasteiger charge is -2.14. The highest BCUT2D eigenvalue weighted by Crippen LogP contribution is 2.21. The van der Waals surface area contributed by atoms with E-state index < -0.39 is 6.10 Å². The van der Waals surface area contributed by atoms with Gasteiger partial charge in [-0.05, 0) is 43.5 Å². The van der Waals surface area contributed by atoms with Gasteiger partial charge in [0.05, 0.1) is 6.10 Å². The fraction of sp³-hybridized carbons (Fsp3) is 0.312. The summed E-state index contributed by atoms with van der Waals surface area (Å²) in [6.07, 6.45) is 3.70. The molecule has 0 bridgehead atoms. The van der Waals surface area contributed by atoms with Crippen molar-refractivity contribution in [2.75, 3.05) is 0 Å². The van der Waals surface area contributed by atoms with Crippen LogP contribution < -0.4 is 0 Å². The lowest BCUT2D eigenvalue weighted by Crippen LogP contribution is -2.04. The van der Waals surface area contributed by atoms with Crippen molar-refractivity contribution in [3.8, 4) is 0 Å². The number of aliphatic hydroxyl groups excluding tert-OH is 1. The van der Waals surface area contributed by atoms with Gasteiger partial charge in [-0.2, -0.15) is 0 Å². The monoisotopic (exact) mass is 241 g/mol. The van der Waals surface area contributed by atoms with Gasteiger partial charge in [-0.1, -0.05) is 29.3 Å². The lowest BCUT2D eigenvalue weighted by atomic mass is 9.97. The molecule has 0 radical (unpaired) electrons. The van der Waals surface area contributed by atoms with E-state index in [9.17, 15) is 5.11 Å². The van der Waals surface area contributed by atoms with E-state index in [-0.39, 0.29) is 0 Å². The second kappa shape index (κ2) is 5.32. The zero-order valence-corrected chi connectivity index (χ0v) is 11.1. The van der Waals surface area contributed by atoms with Gasteiger partial charge in [0.1, 0.15) is 0 Å². The molecule has 1 aromatic carbocycles. The number of nitrogens with zero attached hydrogens (tertiary/aromatic N) is 1. The third-order valence-electron chi connectivity index (χ3n) is 3.13. The third kappa shape index (κ3) is 2.96. The summed E-state index contributed by atoms with van der Waals surface area (Å²) >= 11 is 0. The molecule has 2 aromatic rings. The average Bonchev–Trinajstić information content (AvgIpc) is 2.27. The van der Waals surface area contributed by atoms with Gasteiger partial charge >= 0.3 is 0 Å². The smallest absolute Gasteiger partial charge is 0.0834 e. The van der Waals surface area contributed by atoms with Crippen LogP contribution in [-0.4, -0.2) is 10.1 Å². The largest absolute Gasteiger partial charge is 0.388 e. The van der Waals surface area contributed by atoms with Gasteiger partial charge in [-0.15, -0.1) is 0 Å². The van der Waals surface area contributed by atoms with Crippen molar-refractivity contribution >= 4 is 0 Å². The fourth-order valence-corrected chi connectivity index (χ4v) is 2.38. The van der Waals surface area contributed by atoms with Crippen LogP contribution in [0.25, 0.3) is 0 Å². The number of hydrogen-bond donors (Lipinski definition) is 1. The molecule has 94 valence electrons. The molecule has 0 saturated carbocycles. The Hall–Kier alpha value is -1.67. The minimum atomic E-state index is -0.464. The lowest BCUT2D eigenvalue weighted by molar-refractivity contribution is 0.177. The molecule has 0 spiro atoms. The van der Waals surface area contributed by atoms with Crippen molar-refractivity contribution in [1.29, 1.82) is 0 Å². The Kier molecular flexibility index (Phi) is 3.78. The number of aromatic nitrogens is 1. The van der Waals surface area contributed by atoms with E-state index in [2.05, 4.69) is 37.0 Å². The standard InChI is InChI=1S/C16H19NO/c1-11-6-12(2)8-14(7-11)9-16(18)15-4-5-17-10-13(15)3/h4-8,10,16,18H,9H2,1-3H3. The van der Waals surface area contributed by atoms with Crippen molar-refractivity contribution in [3.05, 3.63) is 64.5 Å². The number of hydrogen-bond acceptors (Lipinski definition) is 2. The highest BCUT2D eigenvalue weighted by molar-refractivity contribution is 5.31. The second-order valence-corrected chi connectivity index (χ2v) is 4.95. The Morgan fingerprint density at radius 2 is 1.78 bits per heavy atom. The summed E-state index contributed by atoms with van der Waals surface area (Å²) in [7, 11) is 0. The molecule has 2 rings (SSSR count). The molecule has 1 atom stereocenters. The first-order valence-electron chi connectivity index (χ1n) is 6.22. The molecular formula is C16H19NO. The zero-order valence-electron chi connectivity index (χ0n) is 11.1. The van der Waals surface area contributed by atoms with E-state index in [0.717, 1.165) is 11.1 Å². The van der Waals surface area contributed by atoms with Crippen molar-refractivity contribution in [2.24, 2.45) is 0 Å². The van der Waals surface area contributed by atoms with Crippen LogP contribution in [0.2, 0.25) is 0 Å². The van der Waals surface area contributed by atoms with Crippen LogP contribution in [0.5, 0.6) is 0 Å². The minimum Gasteiger partial charge on any atom is -0.388 e. The summed E-state index contributed by atoms with van der Waals surface area (Å²) in [5.74, 6) is 0. The molecule has 1 unspecified atom stereocenters. The molecule has 1 N–H and O–H groups in total. The van der Waals surface area contributed by atoms with E-state index >= 15 is 0 Å². The Morgan fingerprint density at radius 1 is 1.11 bits per heavy atom. The number of aryl methyl sites for hydroxylation is 3. The van der Waals surface area contributed by atoms with Gasteiger partial charge in [-0.25, -0.2) is 0 Å². The van der Waals surface area contributed by atoms with Gasteiger partial charge in [0.25, 0.3) is 0 Å². The maximum atomic E-state index is 10.3. The average molecular weight is 241 g/mol. The Balaban J connectivity index is 2.21. The molecule has 0 saturated heterocycles. The van der Waals surface area contributed by atoms with E-state index in [0.29, 0.717) is 6.42 Å². The second-order valence-electron chi connectivity index (χ2n) is 4.95. The molecule has 0 aliphatic rings. The number of pyridine rings is 1. The van der Waals surface area contributed by atoms with Crippen molar-refractivity contribution in [1.82, 2.24) is 4.98 Å². The van der Waals surface area contributed by atoms with Crippen LogP contribution in [0, 0.1) is 20.8 Å². The van der Waals surface area contributed by atoms with Gasteiger partial charge in [-0.3, -0.25) is 4.98 Å². The first-order valence-corrected chi connectivity index (χ1v) is 6.22. The molecule has 0 amide bonds. The summed E-state index contributed by atoms with van der Waals surface area (Å²) in [5, 5.41) is 10.3. The van der Waals surface area contributed by atoms with Crippen LogP contribution >= 0.6 is 0 Å². The topological polar surface area (TPSA) is 33.1 Å². The molecule has 0 fully saturated rings. The van der Waals surface area contributed by atoms with E-state index in [4.69, 9.17) is 0 Å². The van der Waals surface area contributed by atoms with E-state index in [1.165, 1.54) is 16.7 Å². The quantitative estimate of drug-likeness (QED) is 0.894. The van der Waals surface area contributed by atoms with Crippen LogP contribution in [0.4, 0.5) is 0 Å². The molecular weight excluding hydrogens is 222 g/mol. The summed E-state index contributed by atoms with van der Waals surface area (Å²) < 4.78 is 0. The van der Waals surface area contributed by atoms with Gasteiger partial charge in [0, 0.05) is 18.8 Å². The molecule has 0 aliphatic carbocycles. The van der Waals surface area contributed by atoms with Crippen LogP contribution in [0.3, 0.4) is 0 Å². The number of aliphatic hydroxyl groups is 1. The number of rotatable bonds is 3. The number of benzene rings is 1. The Morgan fingerprint density at radius 3 is 2.39 bits per heavy atom. The van der Waals surface area contributed by atoms with E-state index in [1.807, 2.05) is 13.0 Å². The van der Waals surface area contributed by atoms with Crippen molar-refractivity contribution < 1.29 is 5.11 Å². The van der Waals surface area contributed by atoms with Gasteiger partial charge in [0.2, 0.25) is 0 Å². The maximum absolute atomic E-state index is 10.3. The molecule has 18 heavy (non-hydrogen) atoms. The normalized spacial score (nSPS) is 12.4. The van der Waals surface area contributed by atoms with E-state index in [1.54, 1.807) is 12.4 Å². The van der Waals surface area contributed by atoms with Gasteiger partial charge in [0.15, 0.2) is 0 Å². The predicted octanol–water partition coefficient (Wildman–Crippen LogP) is 3.28. The predicted molar refractivity (Wildman–Crippen MR) is 73.6 cm³/mol. The zero-order chi connectivity index (χ0) is 13.1. The highest BCUT2D eigenvalue weighted by Gasteiger charge is 2.11. The molecule has 2 nitrogen and oxygen atoms in total. The summed E-state index contributed by atoms with van der Waals surface area (Å²) in [6, 6.07) is 8.30. The molecule has 1 aromatic heterocycles. The first-order chi connectivity index (χ1) is 8.56. The molecule has 0 aliphatic heterocycles. The summed E-state index contributed by atoms with van der Waals surface area (Å²) in [5.41, 5.74) is 5.65. The fourth-order valence-electron chi connectivity index (χ4n) is 2.38. The maximum Gasteiger partial charge on any atom is 0.0834 e. The minimum absolute atomic E-state index is 0.464. The first kappa shape index (κ1) is 12.8. The Bertz CT molecular complexity index is 528. The van der Waals surface area contributed by atoms with Crippen molar-refractivity contribution in [3.63, 3.8) is 0 Å². The van der Waals surface area contributed by atoms with Crippen LogP contribution in [0.1, 0.15) is 33.9 Å². The third-order valence-corrected chi connectivity index (χ3v) is 3.13. The van der Waals surface area contributed by atoms with Crippen LogP contribution in [0.15, 0.2) is 36.7 Å². The molecule has 2 heteroatoms. The SMILES string of the molecule is Cc1cc(C)cc(CC(O)c2ccncc2C)c1. The van der Waals surface area contributed by atoms with Gasteiger partial charge < -0.3 is 5.11 Å². The van der Waals surface area contributed by atoms with Crippen LogP contribution in [-0.2, 0) is 6.42 Å². The molecule has 1 heterocycles. The summed E-state index contributed by atoms with van der Waals surface area (Å²) in [6.45, 7) is 6.15.